The van der Waals surface area contributed by atoms with Crippen molar-refractivity contribution in [3.63, 3.8) is 0 Å². The predicted octanol–water partition coefficient (Wildman–Crippen LogP) is 6.30. The monoisotopic (exact) mass is 308 g/mol. The van der Waals surface area contributed by atoms with Gasteiger partial charge in [-0.1, -0.05) is 37.6 Å². The number of halogens is 2. The van der Waals surface area contributed by atoms with Gasteiger partial charge in [0, 0.05) is 10.9 Å². The molecule has 0 amide bonds. The second-order valence-electron chi connectivity index (χ2n) is 5.16. The molecular formula is C17H18Cl2O. The van der Waals surface area contributed by atoms with Crippen molar-refractivity contribution in [2.75, 3.05) is 0 Å². The van der Waals surface area contributed by atoms with Gasteiger partial charge in [0.25, 0.3) is 0 Å². The number of alkyl halides is 1. The van der Waals surface area contributed by atoms with Crippen LogP contribution < -0.4 is 4.74 Å². The minimum atomic E-state index is 0.404. The minimum Gasteiger partial charge on any atom is -0.457 e. The van der Waals surface area contributed by atoms with E-state index in [1.165, 1.54) is 11.1 Å². The maximum absolute atomic E-state index is 6.13. The zero-order valence-corrected chi connectivity index (χ0v) is 13.4. The van der Waals surface area contributed by atoms with Gasteiger partial charge in [-0.2, -0.15) is 0 Å². The molecule has 20 heavy (non-hydrogen) atoms. The smallest absolute Gasteiger partial charge is 0.128 e. The first-order valence-electron chi connectivity index (χ1n) is 6.64. The van der Waals surface area contributed by atoms with E-state index in [1.807, 2.05) is 18.2 Å². The molecule has 0 heterocycles. The van der Waals surface area contributed by atoms with Crippen LogP contribution in [0, 0.1) is 6.92 Å². The second-order valence-corrected chi connectivity index (χ2v) is 5.84. The van der Waals surface area contributed by atoms with E-state index in [2.05, 4.69) is 32.9 Å². The van der Waals surface area contributed by atoms with Gasteiger partial charge in [-0.3, -0.25) is 0 Å². The summed E-state index contributed by atoms with van der Waals surface area (Å²) in [6.07, 6.45) is 0. The van der Waals surface area contributed by atoms with E-state index in [0.29, 0.717) is 16.8 Å². The van der Waals surface area contributed by atoms with Gasteiger partial charge in [-0.15, -0.1) is 11.6 Å². The first-order valence-corrected chi connectivity index (χ1v) is 7.55. The number of hydrogen-bond donors (Lipinski definition) is 0. The lowest BCUT2D eigenvalue weighted by molar-refractivity contribution is 0.482. The number of rotatable bonds is 4. The van der Waals surface area contributed by atoms with Crippen molar-refractivity contribution in [3.8, 4) is 11.5 Å². The van der Waals surface area contributed by atoms with E-state index in [-0.39, 0.29) is 0 Å². The van der Waals surface area contributed by atoms with Crippen LogP contribution in [0.3, 0.4) is 0 Å². The van der Waals surface area contributed by atoms with Crippen molar-refractivity contribution in [2.45, 2.75) is 32.6 Å². The fourth-order valence-corrected chi connectivity index (χ4v) is 2.73. The van der Waals surface area contributed by atoms with E-state index in [1.54, 1.807) is 6.07 Å². The first kappa shape index (κ1) is 15.2. The zero-order chi connectivity index (χ0) is 14.7. The fraction of sp³-hybridized carbons (Fsp3) is 0.294. The Balaban J connectivity index is 2.22. The molecule has 1 nitrogen and oxygen atoms in total. The van der Waals surface area contributed by atoms with Crippen LogP contribution in [0.25, 0.3) is 0 Å². The molecule has 0 radical (unpaired) electrons. The standard InChI is InChI=1S/C17H18Cl2O/c1-11(2)16-7-6-14(8-12(16)3)20-15-5-4-13(10-18)17(19)9-15/h4-9,11H,10H2,1-3H3. The summed E-state index contributed by atoms with van der Waals surface area (Å²) in [6, 6.07) is 11.7. The van der Waals surface area contributed by atoms with Crippen molar-refractivity contribution in [2.24, 2.45) is 0 Å². The van der Waals surface area contributed by atoms with Crippen LogP contribution >= 0.6 is 23.2 Å². The summed E-state index contributed by atoms with van der Waals surface area (Å²) in [4.78, 5) is 0. The van der Waals surface area contributed by atoms with Gasteiger partial charge in [0.1, 0.15) is 11.5 Å². The van der Waals surface area contributed by atoms with E-state index in [0.717, 1.165) is 17.1 Å². The number of aryl methyl sites for hydroxylation is 1. The predicted molar refractivity (Wildman–Crippen MR) is 86.4 cm³/mol. The summed E-state index contributed by atoms with van der Waals surface area (Å²) in [6.45, 7) is 6.48. The molecule has 0 fully saturated rings. The molecule has 0 aliphatic rings. The van der Waals surface area contributed by atoms with Crippen LogP contribution in [0.4, 0.5) is 0 Å². The highest BCUT2D eigenvalue weighted by atomic mass is 35.5. The summed E-state index contributed by atoms with van der Waals surface area (Å²) in [5, 5.41) is 0.632. The summed E-state index contributed by atoms with van der Waals surface area (Å²) in [7, 11) is 0. The van der Waals surface area contributed by atoms with Gasteiger partial charge < -0.3 is 4.74 Å². The quantitative estimate of drug-likeness (QED) is 0.602. The molecular weight excluding hydrogens is 291 g/mol. The molecule has 0 aromatic heterocycles. The summed E-state index contributed by atoms with van der Waals surface area (Å²) < 4.78 is 5.85. The van der Waals surface area contributed by atoms with Crippen LogP contribution in [-0.2, 0) is 5.88 Å². The van der Waals surface area contributed by atoms with Gasteiger partial charge in [-0.05, 0) is 53.8 Å². The zero-order valence-electron chi connectivity index (χ0n) is 11.9. The lowest BCUT2D eigenvalue weighted by Gasteiger charge is -2.12. The van der Waals surface area contributed by atoms with E-state index in [9.17, 15) is 0 Å². The summed E-state index contributed by atoms with van der Waals surface area (Å²) in [5.41, 5.74) is 3.49. The van der Waals surface area contributed by atoms with Crippen molar-refractivity contribution in [1.29, 1.82) is 0 Å². The van der Waals surface area contributed by atoms with Crippen LogP contribution in [0.5, 0.6) is 11.5 Å². The average molecular weight is 309 g/mol. The SMILES string of the molecule is Cc1cc(Oc2ccc(CCl)c(Cl)c2)ccc1C(C)C. The van der Waals surface area contributed by atoms with Crippen LogP contribution in [0.2, 0.25) is 5.02 Å². The molecule has 0 N–H and O–H groups in total. The lowest BCUT2D eigenvalue weighted by atomic mass is 9.98. The van der Waals surface area contributed by atoms with Crippen LogP contribution in [0.15, 0.2) is 36.4 Å². The minimum absolute atomic E-state index is 0.404. The molecule has 0 unspecified atom stereocenters. The average Bonchev–Trinajstić information content (AvgIpc) is 2.38. The molecule has 3 heteroatoms. The molecule has 2 aromatic carbocycles. The van der Waals surface area contributed by atoms with Crippen LogP contribution in [0.1, 0.15) is 36.5 Å². The Morgan fingerprint density at radius 2 is 1.70 bits per heavy atom. The maximum atomic E-state index is 6.13. The number of benzene rings is 2. The van der Waals surface area contributed by atoms with Crippen molar-refractivity contribution >= 4 is 23.2 Å². The van der Waals surface area contributed by atoms with Gasteiger partial charge >= 0.3 is 0 Å². The molecule has 0 atom stereocenters. The molecule has 0 saturated carbocycles. The topological polar surface area (TPSA) is 9.23 Å². The molecule has 0 saturated heterocycles. The molecule has 2 aromatic rings. The third kappa shape index (κ3) is 3.47. The van der Waals surface area contributed by atoms with Crippen molar-refractivity contribution in [1.82, 2.24) is 0 Å². The Kier molecular flexibility index (Phi) is 4.95. The molecule has 0 spiro atoms. The molecule has 2 rings (SSSR count). The highest BCUT2D eigenvalue weighted by Crippen LogP contribution is 2.30. The second kappa shape index (κ2) is 6.51. The fourth-order valence-electron chi connectivity index (χ4n) is 2.20. The van der Waals surface area contributed by atoms with Crippen LogP contribution in [-0.4, -0.2) is 0 Å². The van der Waals surface area contributed by atoms with E-state index >= 15 is 0 Å². The first-order chi connectivity index (χ1) is 9.51. The van der Waals surface area contributed by atoms with Gasteiger partial charge in [0.15, 0.2) is 0 Å². The molecule has 0 aliphatic carbocycles. The Bertz CT molecular complexity index is 606. The van der Waals surface area contributed by atoms with E-state index in [4.69, 9.17) is 27.9 Å². The Hall–Kier alpha value is -1.18. The van der Waals surface area contributed by atoms with Gasteiger partial charge in [0.05, 0.1) is 0 Å². The Morgan fingerprint density at radius 1 is 1.05 bits per heavy atom. The Morgan fingerprint density at radius 3 is 2.25 bits per heavy atom. The molecule has 106 valence electrons. The van der Waals surface area contributed by atoms with Gasteiger partial charge in [0.2, 0.25) is 0 Å². The normalized spacial score (nSPS) is 10.9. The number of ether oxygens (including phenoxy) is 1. The van der Waals surface area contributed by atoms with E-state index < -0.39 is 0 Å². The summed E-state index contributed by atoms with van der Waals surface area (Å²) >= 11 is 11.9. The highest BCUT2D eigenvalue weighted by Gasteiger charge is 2.07. The third-order valence-corrected chi connectivity index (χ3v) is 3.91. The third-order valence-electron chi connectivity index (χ3n) is 3.27. The maximum Gasteiger partial charge on any atom is 0.128 e. The highest BCUT2D eigenvalue weighted by molar-refractivity contribution is 6.32. The van der Waals surface area contributed by atoms with Crippen molar-refractivity contribution < 1.29 is 4.74 Å². The summed E-state index contributed by atoms with van der Waals surface area (Å²) in [5.74, 6) is 2.46. The van der Waals surface area contributed by atoms with Gasteiger partial charge in [-0.25, -0.2) is 0 Å². The molecule has 0 aliphatic heterocycles. The largest absolute Gasteiger partial charge is 0.457 e. The number of hydrogen-bond acceptors (Lipinski definition) is 1. The molecule has 0 bridgehead atoms. The van der Waals surface area contributed by atoms with Crippen molar-refractivity contribution in [3.05, 3.63) is 58.1 Å². The lowest BCUT2D eigenvalue weighted by Crippen LogP contribution is -1.93. The Labute approximate surface area is 130 Å².